The number of aliphatic carboxylic acids is 1. The average Bonchev–Trinajstić information content (AvgIpc) is 3.03. The van der Waals surface area contributed by atoms with Crippen LogP contribution in [0.15, 0.2) is 12.7 Å². The third kappa shape index (κ3) is 3.08. The predicted octanol–water partition coefficient (Wildman–Crippen LogP) is 0.112. The van der Waals surface area contributed by atoms with Crippen molar-refractivity contribution in [2.75, 3.05) is 31.6 Å². The fourth-order valence-electron chi connectivity index (χ4n) is 2.82. The van der Waals surface area contributed by atoms with Gasteiger partial charge in [-0.15, -0.1) is 0 Å². The molecule has 0 radical (unpaired) electrons. The molecule has 1 saturated heterocycles. The van der Waals surface area contributed by atoms with Crippen molar-refractivity contribution >= 4 is 28.9 Å². The molecule has 0 aromatic carbocycles. The molecule has 1 aliphatic heterocycles. The van der Waals surface area contributed by atoms with E-state index in [0.29, 0.717) is 36.4 Å². The van der Waals surface area contributed by atoms with Crippen LogP contribution >= 0.6 is 0 Å². The fourth-order valence-corrected chi connectivity index (χ4v) is 2.82. The first kappa shape index (κ1) is 15.2. The number of likely N-dealkylation sites (tertiary alicyclic amines) is 1. The lowest BCUT2D eigenvalue weighted by Crippen LogP contribution is -2.46. The van der Waals surface area contributed by atoms with Gasteiger partial charge in [0.25, 0.3) is 0 Å². The van der Waals surface area contributed by atoms with Crippen molar-refractivity contribution in [3.63, 3.8) is 0 Å². The molecule has 1 aliphatic rings. The molecule has 122 valence electrons. The normalized spacial score (nSPS) is 18.1. The second kappa shape index (κ2) is 6.19. The number of carbonyl (C=O) groups is 2. The molecule has 3 heterocycles. The van der Waals surface area contributed by atoms with E-state index in [1.807, 2.05) is 0 Å². The molecule has 1 amide bonds. The van der Waals surface area contributed by atoms with Crippen LogP contribution in [0.5, 0.6) is 0 Å². The number of hydrogen-bond donors (Lipinski definition) is 2. The number of likely N-dealkylation sites (N-methyl/N-ethyl adjacent to an activating group) is 1. The Labute approximate surface area is 132 Å². The minimum absolute atomic E-state index is 0.107. The number of aromatic amines is 1. The number of hydrogen-bond acceptors (Lipinski definition) is 6. The number of nitrogens with zero attached hydrogens (tertiary/aromatic N) is 5. The molecule has 9 nitrogen and oxygen atoms in total. The van der Waals surface area contributed by atoms with Gasteiger partial charge < -0.3 is 19.9 Å². The van der Waals surface area contributed by atoms with Gasteiger partial charge in [0.05, 0.1) is 18.8 Å². The highest BCUT2D eigenvalue weighted by atomic mass is 16.4. The highest BCUT2D eigenvalue weighted by molar-refractivity contribution is 5.87. The molecule has 0 spiro atoms. The maximum absolute atomic E-state index is 12.4. The number of aromatic nitrogens is 4. The van der Waals surface area contributed by atoms with Gasteiger partial charge in [-0.05, 0) is 12.8 Å². The molecule has 3 rings (SSSR count). The molecular weight excluding hydrogens is 300 g/mol. The lowest BCUT2D eigenvalue weighted by atomic mass is 9.98. The number of imidazole rings is 1. The highest BCUT2D eigenvalue weighted by Crippen LogP contribution is 2.20. The molecule has 9 heteroatoms. The van der Waals surface area contributed by atoms with E-state index >= 15 is 0 Å². The first-order chi connectivity index (χ1) is 11.1. The lowest BCUT2D eigenvalue weighted by molar-refractivity contribution is -0.145. The standard InChI is InChI=1S/C14H18N6O3/c1-19(13-11-12(16-7-15-11)17-8-18-13)6-10(21)20-4-2-3-9(5-20)14(22)23/h7-9H,2-6H2,1H3,(H,22,23)(H,15,16,17,18). The third-order valence-corrected chi connectivity index (χ3v) is 4.06. The molecule has 23 heavy (non-hydrogen) atoms. The van der Waals surface area contributed by atoms with E-state index in [1.165, 1.54) is 12.7 Å². The molecule has 0 bridgehead atoms. The van der Waals surface area contributed by atoms with Crippen LogP contribution in [0, 0.1) is 5.92 Å². The Kier molecular flexibility index (Phi) is 4.09. The Morgan fingerprint density at radius 3 is 3.04 bits per heavy atom. The number of piperidine rings is 1. The zero-order chi connectivity index (χ0) is 16.4. The summed E-state index contributed by atoms with van der Waals surface area (Å²) in [6.45, 7) is 0.989. The second-order valence-corrected chi connectivity index (χ2v) is 5.67. The van der Waals surface area contributed by atoms with Crippen LogP contribution in [0.3, 0.4) is 0 Å². The van der Waals surface area contributed by atoms with Crippen molar-refractivity contribution in [1.82, 2.24) is 24.8 Å². The zero-order valence-electron chi connectivity index (χ0n) is 12.8. The minimum atomic E-state index is -0.842. The maximum atomic E-state index is 12.4. The smallest absolute Gasteiger partial charge is 0.308 e. The minimum Gasteiger partial charge on any atom is -0.481 e. The largest absolute Gasteiger partial charge is 0.481 e. The van der Waals surface area contributed by atoms with Crippen molar-refractivity contribution in [3.05, 3.63) is 12.7 Å². The van der Waals surface area contributed by atoms with Crippen molar-refractivity contribution in [2.45, 2.75) is 12.8 Å². The summed E-state index contributed by atoms with van der Waals surface area (Å²) in [7, 11) is 1.76. The monoisotopic (exact) mass is 318 g/mol. The van der Waals surface area contributed by atoms with Gasteiger partial charge in [0, 0.05) is 20.1 Å². The number of nitrogens with one attached hydrogen (secondary N) is 1. The molecule has 2 N–H and O–H groups in total. The molecule has 0 saturated carbocycles. The van der Waals surface area contributed by atoms with Crippen LogP contribution in [0.4, 0.5) is 5.82 Å². The number of carbonyl (C=O) groups excluding carboxylic acids is 1. The summed E-state index contributed by atoms with van der Waals surface area (Å²) in [5.74, 6) is -0.834. The summed E-state index contributed by atoms with van der Waals surface area (Å²) in [6, 6.07) is 0. The summed E-state index contributed by atoms with van der Waals surface area (Å²) in [5, 5.41) is 9.12. The van der Waals surface area contributed by atoms with Gasteiger partial charge in [0.1, 0.15) is 11.8 Å². The number of rotatable bonds is 4. The number of anilines is 1. The maximum Gasteiger partial charge on any atom is 0.308 e. The van der Waals surface area contributed by atoms with Crippen molar-refractivity contribution < 1.29 is 14.7 Å². The van der Waals surface area contributed by atoms with E-state index in [4.69, 9.17) is 5.11 Å². The van der Waals surface area contributed by atoms with E-state index < -0.39 is 11.9 Å². The first-order valence-electron chi connectivity index (χ1n) is 7.42. The molecule has 2 aromatic rings. The molecule has 1 fully saturated rings. The summed E-state index contributed by atoms with van der Waals surface area (Å²) < 4.78 is 0. The van der Waals surface area contributed by atoms with Crippen LogP contribution in [-0.2, 0) is 9.59 Å². The Morgan fingerprint density at radius 1 is 1.43 bits per heavy atom. The van der Waals surface area contributed by atoms with E-state index in [-0.39, 0.29) is 19.0 Å². The van der Waals surface area contributed by atoms with Crippen LogP contribution in [0.2, 0.25) is 0 Å². The highest BCUT2D eigenvalue weighted by Gasteiger charge is 2.28. The Bertz CT molecular complexity index is 730. The summed E-state index contributed by atoms with van der Waals surface area (Å²) in [4.78, 5) is 42.2. The van der Waals surface area contributed by atoms with Gasteiger partial charge in [-0.1, -0.05) is 0 Å². The van der Waals surface area contributed by atoms with Crippen molar-refractivity contribution in [3.8, 4) is 0 Å². The van der Waals surface area contributed by atoms with Gasteiger partial charge >= 0.3 is 5.97 Å². The molecule has 1 unspecified atom stereocenters. The van der Waals surface area contributed by atoms with E-state index in [2.05, 4.69) is 19.9 Å². The summed E-state index contributed by atoms with van der Waals surface area (Å²) in [6.07, 6.45) is 4.27. The fraction of sp³-hybridized carbons (Fsp3) is 0.500. The first-order valence-corrected chi connectivity index (χ1v) is 7.42. The summed E-state index contributed by atoms with van der Waals surface area (Å²) >= 11 is 0. The van der Waals surface area contributed by atoms with Crippen LogP contribution in [0.1, 0.15) is 12.8 Å². The lowest BCUT2D eigenvalue weighted by Gasteiger charge is -2.32. The second-order valence-electron chi connectivity index (χ2n) is 5.67. The van der Waals surface area contributed by atoms with E-state index in [9.17, 15) is 9.59 Å². The topological polar surface area (TPSA) is 115 Å². The van der Waals surface area contributed by atoms with Gasteiger partial charge in [-0.3, -0.25) is 9.59 Å². The molecule has 1 atom stereocenters. The van der Waals surface area contributed by atoms with E-state index in [1.54, 1.807) is 16.8 Å². The number of H-pyrrole nitrogens is 1. The van der Waals surface area contributed by atoms with Crippen molar-refractivity contribution in [2.24, 2.45) is 5.92 Å². The van der Waals surface area contributed by atoms with Crippen molar-refractivity contribution in [1.29, 1.82) is 0 Å². The SMILES string of the molecule is CN(CC(=O)N1CCCC(C(=O)O)C1)c1ncnc2nc[nH]c12. The Balaban J connectivity index is 1.70. The quantitative estimate of drug-likeness (QED) is 0.822. The van der Waals surface area contributed by atoms with Gasteiger partial charge in [-0.2, -0.15) is 0 Å². The Morgan fingerprint density at radius 2 is 2.26 bits per heavy atom. The van der Waals surface area contributed by atoms with Crippen LogP contribution in [0.25, 0.3) is 11.2 Å². The molecule has 0 aliphatic carbocycles. The number of fused-ring (bicyclic) bond motifs is 1. The van der Waals surface area contributed by atoms with Crippen LogP contribution < -0.4 is 4.90 Å². The van der Waals surface area contributed by atoms with Crippen LogP contribution in [-0.4, -0.2) is 68.5 Å². The number of carboxylic acid groups (broad SMARTS) is 1. The van der Waals surface area contributed by atoms with E-state index in [0.717, 1.165) is 0 Å². The zero-order valence-corrected chi connectivity index (χ0v) is 12.8. The van der Waals surface area contributed by atoms with Gasteiger partial charge in [-0.25, -0.2) is 15.0 Å². The average molecular weight is 318 g/mol. The van der Waals surface area contributed by atoms with Gasteiger partial charge in [0.2, 0.25) is 5.91 Å². The number of carboxylic acids is 1. The molecular formula is C14H18N6O3. The number of amides is 1. The Hall–Kier alpha value is -2.71. The summed E-state index contributed by atoms with van der Waals surface area (Å²) in [5.41, 5.74) is 1.21. The molecule has 2 aromatic heterocycles. The van der Waals surface area contributed by atoms with Gasteiger partial charge in [0.15, 0.2) is 11.5 Å². The predicted molar refractivity (Wildman–Crippen MR) is 81.9 cm³/mol. The third-order valence-electron chi connectivity index (χ3n) is 4.06.